The van der Waals surface area contributed by atoms with Gasteiger partial charge in [-0.3, -0.25) is 24.1 Å². The van der Waals surface area contributed by atoms with E-state index in [9.17, 15) is 32.3 Å². The van der Waals surface area contributed by atoms with Crippen LogP contribution >= 0.6 is 0 Å². The summed E-state index contributed by atoms with van der Waals surface area (Å²) in [5.41, 5.74) is 1.20. The van der Waals surface area contributed by atoms with Gasteiger partial charge in [-0.1, -0.05) is 74.5 Å². The second-order valence-electron chi connectivity index (χ2n) is 8.72. The molecule has 3 amide bonds. The molecule has 0 radical (unpaired) electrons. The monoisotopic (exact) mass is 501 g/mol. The number of alkyl halides is 3. The number of rotatable bonds is 9. The van der Waals surface area contributed by atoms with Crippen LogP contribution in [0.3, 0.4) is 0 Å². The smallest absolute Gasteiger partial charge is 0.344 e. The molecule has 3 rings (SSSR count). The standard InChI is InChI=1S/C26H26F3N3O4/c1-17(2)23-25(36)32(21(14-31(23)16-33)19-11-7-4-8-12-19)15-22(34)30-20(24(35)26(27,28)29)13-18-9-5-3-6-10-18/h3-12,14,16-17,20,23H,13,15H2,1-2H3,(H,30,34)/t20-,23-/m0/s1. The lowest BCUT2D eigenvalue weighted by Crippen LogP contribution is -2.56. The largest absolute Gasteiger partial charge is 0.452 e. The molecule has 0 saturated carbocycles. The normalized spacial score (nSPS) is 17.0. The van der Waals surface area contributed by atoms with Gasteiger partial charge in [0, 0.05) is 12.6 Å². The van der Waals surface area contributed by atoms with E-state index in [1.54, 1.807) is 74.5 Å². The number of halogens is 3. The van der Waals surface area contributed by atoms with Crippen LogP contribution in [0.1, 0.15) is 25.0 Å². The number of ketones is 1. The van der Waals surface area contributed by atoms with Gasteiger partial charge in [0.15, 0.2) is 0 Å². The number of nitrogens with zero attached hydrogens (tertiary/aromatic N) is 2. The van der Waals surface area contributed by atoms with Gasteiger partial charge >= 0.3 is 6.18 Å². The molecule has 2 aromatic carbocycles. The van der Waals surface area contributed by atoms with E-state index in [4.69, 9.17) is 0 Å². The quantitative estimate of drug-likeness (QED) is 0.535. The Hall–Kier alpha value is -3.95. The number of amides is 3. The van der Waals surface area contributed by atoms with Crippen molar-refractivity contribution in [2.45, 2.75) is 38.5 Å². The first kappa shape index (κ1) is 26.7. The number of carbonyl (C=O) groups is 4. The van der Waals surface area contributed by atoms with Gasteiger partial charge in [-0.15, -0.1) is 0 Å². The highest BCUT2D eigenvalue weighted by Crippen LogP contribution is 2.29. The average Bonchev–Trinajstić information content (AvgIpc) is 2.84. The van der Waals surface area contributed by atoms with Crippen LogP contribution in [0, 0.1) is 5.92 Å². The summed E-state index contributed by atoms with van der Waals surface area (Å²) >= 11 is 0. The van der Waals surface area contributed by atoms with Gasteiger partial charge in [-0.05, 0) is 17.0 Å². The van der Waals surface area contributed by atoms with Crippen molar-refractivity contribution in [3.8, 4) is 0 Å². The zero-order valence-electron chi connectivity index (χ0n) is 19.7. The number of benzene rings is 2. The molecule has 36 heavy (non-hydrogen) atoms. The third-order valence-corrected chi connectivity index (χ3v) is 5.74. The van der Waals surface area contributed by atoms with Gasteiger partial charge in [-0.25, -0.2) is 0 Å². The molecular weight excluding hydrogens is 475 g/mol. The van der Waals surface area contributed by atoms with Gasteiger partial charge in [0.25, 0.3) is 11.7 Å². The fourth-order valence-electron chi connectivity index (χ4n) is 4.07. The highest BCUT2D eigenvalue weighted by atomic mass is 19.4. The second-order valence-corrected chi connectivity index (χ2v) is 8.72. The van der Waals surface area contributed by atoms with Crippen LogP contribution in [0.25, 0.3) is 5.70 Å². The highest BCUT2D eigenvalue weighted by Gasteiger charge is 2.44. The van der Waals surface area contributed by atoms with Crippen molar-refractivity contribution >= 4 is 29.7 Å². The maximum absolute atomic E-state index is 13.4. The maximum Gasteiger partial charge on any atom is 0.452 e. The Morgan fingerprint density at radius 2 is 1.61 bits per heavy atom. The first-order chi connectivity index (χ1) is 17.0. The minimum Gasteiger partial charge on any atom is -0.344 e. The lowest BCUT2D eigenvalue weighted by molar-refractivity contribution is -0.173. The molecule has 2 atom stereocenters. The summed E-state index contributed by atoms with van der Waals surface area (Å²) in [7, 11) is 0. The average molecular weight is 502 g/mol. The lowest BCUT2D eigenvalue weighted by atomic mass is 9.97. The van der Waals surface area contributed by atoms with Gasteiger partial charge in [0.05, 0.1) is 5.70 Å². The zero-order valence-corrected chi connectivity index (χ0v) is 19.7. The molecule has 0 bridgehead atoms. The van der Waals surface area contributed by atoms with Gasteiger partial charge in [-0.2, -0.15) is 13.2 Å². The molecule has 1 aliphatic rings. The summed E-state index contributed by atoms with van der Waals surface area (Å²) in [4.78, 5) is 52.5. The number of nitrogens with one attached hydrogen (secondary N) is 1. The Labute approximate surface area is 206 Å². The SMILES string of the molecule is CC(C)[C@H]1C(=O)N(CC(=O)N[C@@H](Cc2ccccc2)C(=O)C(F)(F)F)C(c2ccccc2)=CN1C=O. The molecule has 0 aliphatic carbocycles. The van der Waals surface area contributed by atoms with Crippen LogP contribution in [0.4, 0.5) is 13.2 Å². The van der Waals surface area contributed by atoms with E-state index >= 15 is 0 Å². The minimum atomic E-state index is -5.16. The molecule has 190 valence electrons. The summed E-state index contributed by atoms with van der Waals surface area (Å²) in [6, 6.07) is 13.7. The maximum atomic E-state index is 13.4. The van der Waals surface area contributed by atoms with Crippen molar-refractivity contribution in [1.29, 1.82) is 0 Å². The van der Waals surface area contributed by atoms with E-state index in [0.717, 1.165) is 4.90 Å². The summed E-state index contributed by atoms with van der Waals surface area (Å²) in [5.74, 6) is -3.89. The Bertz CT molecular complexity index is 1130. The van der Waals surface area contributed by atoms with Crippen molar-refractivity contribution in [2.75, 3.05) is 6.54 Å². The molecule has 2 aromatic rings. The lowest BCUT2D eigenvalue weighted by Gasteiger charge is -2.39. The topological polar surface area (TPSA) is 86.8 Å². The first-order valence-corrected chi connectivity index (χ1v) is 11.3. The molecule has 0 unspecified atom stereocenters. The number of hydrogen-bond donors (Lipinski definition) is 1. The van der Waals surface area contributed by atoms with Crippen LogP contribution in [0.5, 0.6) is 0 Å². The Morgan fingerprint density at radius 1 is 1.03 bits per heavy atom. The summed E-state index contributed by atoms with van der Waals surface area (Å²) in [6.07, 6.45) is -3.57. The molecular formula is C26H26F3N3O4. The first-order valence-electron chi connectivity index (χ1n) is 11.3. The van der Waals surface area contributed by atoms with E-state index in [-0.39, 0.29) is 18.0 Å². The Morgan fingerprint density at radius 3 is 2.14 bits per heavy atom. The molecule has 1 heterocycles. The van der Waals surface area contributed by atoms with Crippen molar-refractivity contribution in [1.82, 2.24) is 15.1 Å². The summed E-state index contributed by atoms with van der Waals surface area (Å²) in [6.45, 7) is 2.83. The van der Waals surface area contributed by atoms with E-state index in [1.165, 1.54) is 11.1 Å². The van der Waals surface area contributed by atoms with Gasteiger partial charge in [0.2, 0.25) is 12.3 Å². The number of hydrogen-bond acceptors (Lipinski definition) is 4. The highest BCUT2D eigenvalue weighted by molar-refractivity contribution is 5.99. The molecule has 0 fully saturated rings. The van der Waals surface area contributed by atoms with Crippen molar-refractivity contribution < 1.29 is 32.3 Å². The van der Waals surface area contributed by atoms with Crippen LogP contribution in [0.2, 0.25) is 0 Å². The van der Waals surface area contributed by atoms with Crippen molar-refractivity contribution in [2.24, 2.45) is 5.92 Å². The summed E-state index contributed by atoms with van der Waals surface area (Å²) < 4.78 is 39.8. The van der Waals surface area contributed by atoms with E-state index < -0.39 is 42.4 Å². The third-order valence-electron chi connectivity index (χ3n) is 5.74. The van der Waals surface area contributed by atoms with Crippen LogP contribution < -0.4 is 5.32 Å². The molecule has 0 spiro atoms. The number of carbonyl (C=O) groups excluding carboxylic acids is 4. The fraction of sp³-hybridized carbons (Fsp3) is 0.308. The van der Waals surface area contributed by atoms with E-state index in [0.29, 0.717) is 17.5 Å². The van der Waals surface area contributed by atoms with Gasteiger partial charge < -0.3 is 10.2 Å². The van der Waals surface area contributed by atoms with Gasteiger partial charge in [0.1, 0.15) is 18.6 Å². The van der Waals surface area contributed by atoms with Crippen molar-refractivity contribution in [3.63, 3.8) is 0 Å². The predicted molar refractivity (Wildman–Crippen MR) is 126 cm³/mol. The molecule has 7 nitrogen and oxygen atoms in total. The predicted octanol–water partition coefficient (Wildman–Crippen LogP) is 3.17. The molecule has 1 aliphatic heterocycles. The molecule has 0 saturated heterocycles. The Balaban J connectivity index is 1.91. The fourth-order valence-corrected chi connectivity index (χ4v) is 4.07. The van der Waals surface area contributed by atoms with Crippen LogP contribution in [-0.2, 0) is 25.6 Å². The van der Waals surface area contributed by atoms with Crippen LogP contribution in [-0.4, -0.2) is 58.6 Å². The number of Topliss-reactive ketones (excluding diaryl/α,β-unsaturated/α-hetero) is 1. The third kappa shape index (κ3) is 6.18. The molecule has 10 heteroatoms. The molecule has 0 aromatic heterocycles. The second kappa shape index (κ2) is 11.2. The van der Waals surface area contributed by atoms with Crippen molar-refractivity contribution in [3.05, 3.63) is 78.0 Å². The van der Waals surface area contributed by atoms with E-state index in [1.807, 2.05) is 0 Å². The summed E-state index contributed by atoms with van der Waals surface area (Å²) in [5, 5.41) is 2.17. The van der Waals surface area contributed by atoms with Crippen LogP contribution in [0.15, 0.2) is 66.9 Å². The minimum absolute atomic E-state index is 0.238. The van der Waals surface area contributed by atoms with E-state index in [2.05, 4.69) is 5.32 Å². The zero-order chi connectivity index (χ0) is 26.5. The molecule has 1 N–H and O–H groups in total. The Kier molecular flexibility index (Phi) is 8.29.